The smallest absolute Gasteiger partial charge is 0.139 e. The molecule has 2 aromatic rings. The van der Waals surface area contributed by atoms with Gasteiger partial charge in [-0.1, -0.05) is 24.3 Å². The molecule has 16 heavy (non-hydrogen) atoms. The summed E-state index contributed by atoms with van der Waals surface area (Å²) in [7, 11) is 3.60. The molecule has 0 aliphatic rings. The Kier molecular flexibility index (Phi) is 3.34. The first kappa shape index (κ1) is 10.9. The molecule has 0 atom stereocenters. The molecule has 1 heterocycles. The van der Waals surface area contributed by atoms with E-state index in [-0.39, 0.29) is 0 Å². The van der Waals surface area contributed by atoms with Crippen LogP contribution in [0.1, 0.15) is 5.56 Å². The summed E-state index contributed by atoms with van der Waals surface area (Å²) in [4.78, 5) is 9.22. The Labute approximate surface area is 94.8 Å². The second-order valence-corrected chi connectivity index (χ2v) is 3.54. The molecule has 0 saturated heterocycles. The van der Waals surface area contributed by atoms with E-state index in [4.69, 9.17) is 4.84 Å². The molecule has 0 radical (unpaired) electrons. The van der Waals surface area contributed by atoms with Crippen LogP contribution in [0.2, 0.25) is 0 Å². The minimum atomic E-state index is 0.666. The highest BCUT2D eigenvalue weighted by Crippen LogP contribution is 2.21. The van der Waals surface area contributed by atoms with Crippen molar-refractivity contribution in [2.24, 2.45) is 7.05 Å². The summed E-state index contributed by atoms with van der Waals surface area (Å²) in [5.41, 5.74) is 5.14. The van der Waals surface area contributed by atoms with E-state index in [1.165, 1.54) is 5.56 Å². The molecule has 4 nitrogen and oxygen atoms in total. The lowest BCUT2D eigenvalue weighted by molar-refractivity contribution is 0.0868. The van der Waals surface area contributed by atoms with Crippen molar-refractivity contribution in [1.29, 1.82) is 0 Å². The second-order valence-electron chi connectivity index (χ2n) is 3.54. The van der Waals surface area contributed by atoms with E-state index in [1.807, 2.05) is 29.9 Å². The minimum absolute atomic E-state index is 0.666. The number of hydrogen-bond acceptors (Lipinski definition) is 3. The van der Waals surface area contributed by atoms with Gasteiger partial charge in [-0.25, -0.2) is 4.98 Å². The number of rotatable bonds is 4. The second kappa shape index (κ2) is 4.92. The molecule has 2 rings (SSSR count). The summed E-state index contributed by atoms with van der Waals surface area (Å²) in [6, 6.07) is 8.16. The Morgan fingerprint density at radius 1 is 1.38 bits per heavy atom. The van der Waals surface area contributed by atoms with Crippen molar-refractivity contribution in [1.82, 2.24) is 15.0 Å². The Hall–Kier alpha value is -1.65. The van der Waals surface area contributed by atoms with Gasteiger partial charge in [-0.15, -0.1) is 0 Å². The van der Waals surface area contributed by atoms with Gasteiger partial charge in [0.2, 0.25) is 0 Å². The average molecular weight is 217 g/mol. The fourth-order valence-electron chi connectivity index (χ4n) is 1.67. The number of hydroxylamine groups is 1. The van der Waals surface area contributed by atoms with Crippen LogP contribution in [0.25, 0.3) is 11.4 Å². The summed E-state index contributed by atoms with van der Waals surface area (Å²) in [6.45, 7) is 0.666. The van der Waals surface area contributed by atoms with Crippen LogP contribution in [0.4, 0.5) is 0 Å². The summed E-state index contributed by atoms with van der Waals surface area (Å²) in [5.74, 6) is 0.966. The molecule has 84 valence electrons. The molecular weight excluding hydrogens is 202 g/mol. The van der Waals surface area contributed by atoms with Crippen molar-refractivity contribution >= 4 is 0 Å². The number of aromatic nitrogens is 2. The van der Waals surface area contributed by atoms with Gasteiger partial charge < -0.3 is 9.40 Å². The molecule has 0 aliphatic carbocycles. The molecule has 0 fully saturated rings. The zero-order valence-electron chi connectivity index (χ0n) is 9.47. The third-order valence-corrected chi connectivity index (χ3v) is 2.49. The van der Waals surface area contributed by atoms with Crippen LogP contribution in [0, 0.1) is 0 Å². The zero-order valence-corrected chi connectivity index (χ0v) is 9.47. The van der Waals surface area contributed by atoms with Gasteiger partial charge in [0.25, 0.3) is 0 Å². The molecule has 0 amide bonds. The van der Waals surface area contributed by atoms with E-state index >= 15 is 0 Å². The Balaban J connectivity index is 2.37. The number of benzene rings is 1. The highest BCUT2D eigenvalue weighted by molar-refractivity contribution is 5.60. The predicted octanol–water partition coefficient (Wildman–Crippen LogP) is 1.74. The molecule has 0 bridgehead atoms. The quantitative estimate of drug-likeness (QED) is 0.793. The van der Waals surface area contributed by atoms with Crippen molar-refractivity contribution < 1.29 is 4.84 Å². The summed E-state index contributed by atoms with van der Waals surface area (Å²) >= 11 is 0. The monoisotopic (exact) mass is 217 g/mol. The molecule has 4 heteroatoms. The van der Waals surface area contributed by atoms with E-state index in [9.17, 15) is 0 Å². The maximum atomic E-state index is 4.87. The van der Waals surface area contributed by atoms with Crippen LogP contribution in [-0.2, 0) is 18.4 Å². The van der Waals surface area contributed by atoms with E-state index in [0.29, 0.717) is 6.54 Å². The maximum absolute atomic E-state index is 4.87. The highest BCUT2D eigenvalue weighted by Gasteiger charge is 2.07. The number of hydrogen-bond donors (Lipinski definition) is 1. The minimum Gasteiger partial charge on any atom is -0.334 e. The fraction of sp³-hybridized carbons (Fsp3) is 0.250. The van der Waals surface area contributed by atoms with Gasteiger partial charge >= 0.3 is 0 Å². The Morgan fingerprint density at radius 2 is 2.19 bits per heavy atom. The van der Waals surface area contributed by atoms with Crippen molar-refractivity contribution in [3.63, 3.8) is 0 Å². The third-order valence-electron chi connectivity index (χ3n) is 2.49. The number of nitrogens with one attached hydrogen (secondary N) is 1. The van der Waals surface area contributed by atoms with Crippen LogP contribution in [0.15, 0.2) is 36.7 Å². The summed E-state index contributed by atoms with van der Waals surface area (Å²) in [5, 5.41) is 0. The van der Waals surface area contributed by atoms with Crippen LogP contribution in [0.5, 0.6) is 0 Å². The van der Waals surface area contributed by atoms with Crippen LogP contribution in [0.3, 0.4) is 0 Å². The molecule has 0 unspecified atom stereocenters. The highest BCUT2D eigenvalue weighted by atomic mass is 16.6. The first-order valence-corrected chi connectivity index (χ1v) is 5.14. The number of aryl methyl sites for hydroxylation is 1. The average Bonchev–Trinajstić information content (AvgIpc) is 2.73. The van der Waals surface area contributed by atoms with Crippen molar-refractivity contribution in [3.05, 3.63) is 42.2 Å². The SMILES string of the molecule is CONCc1ccccc1-c1nccn1C. The van der Waals surface area contributed by atoms with Crippen molar-refractivity contribution in [2.45, 2.75) is 6.54 Å². The van der Waals surface area contributed by atoms with Crippen molar-refractivity contribution in [2.75, 3.05) is 7.11 Å². The number of imidazole rings is 1. The van der Waals surface area contributed by atoms with Gasteiger partial charge in [-0.3, -0.25) is 0 Å². The standard InChI is InChI=1S/C12H15N3O/c1-15-8-7-13-12(15)11-6-4-3-5-10(11)9-14-16-2/h3-8,14H,9H2,1-2H3. The Bertz CT molecular complexity index is 465. The molecule has 0 saturated carbocycles. The van der Waals surface area contributed by atoms with Crippen LogP contribution in [-0.4, -0.2) is 16.7 Å². The van der Waals surface area contributed by atoms with E-state index in [2.05, 4.69) is 22.6 Å². The van der Waals surface area contributed by atoms with Crippen LogP contribution >= 0.6 is 0 Å². The fourth-order valence-corrected chi connectivity index (χ4v) is 1.67. The van der Waals surface area contributed by atoms with Gasteiger partial charge in [0.05, 0.1) is 7.11 Å². The van der Waals surface area contributed by atoms with Crippen molar-refractivity contribution in [3.8, 4) is 11.4 Å². The predicted molar refractivity (Wildman–Crippen MR) is 62.5 cm³/mol. The molecule has 1 aromatic carbocycles. The largest absolute Gasteiger partial charge is 0.334 e. The van der Waals surface area contributed by atoms with E-state index < -0.39 is 0 Å². The lowest BCUT2D eigenvalue weighted by Gasteiger charge is -2.09. The normalized spacial score (nSPS) is 10.6. The van der Waals surface area contributed by atoms with Crippen LogP contribution < -0.4 is 5.48 Å². The molecule has 1 N–H and O–H groups in total. The third kappa shape index (κ3) is 2.13. The van der Waals surface area contributed by atoms with E-state index in [1.54, 1.807) is 13.3 Å². The first-order valence-electron chi connectivity index (χ1n) is 5.14. The first-order chi connectivity index (χ1) is 7.83. The molecule has 1 aromatic heterocycles. The topological polar surface area (TPSA) is 39.1 Å². The van der Waals surface area contributed by atoms with Gasteiger partial charge in [0.1, 0.15) is 5.82 Å². The molecule has 0 spiro atoms. The zero-order chi connectivity index (χ0) is 11.4. The van der Waals surface area contributed by atoms with E-state index in [0.717, 1.165) is 11.4 Å². The van der Waals surface area contributed by atoms with Gasteiger partial charge in [0.15, 0.2) is 0 Å². The molecule has 0 aliphatic heterocycles. The lowest BCUT2D eigenvalue weighted by Crippen LogP contribution is -2.12. The maximum Gasteiger partial charge on any atom is 0.139 e. The summed E-state index contributed by atoms with van der Waals surface area (Å²) in [6.07, 6.45) is 3.74. The lowest BCUT2D eigenvalue weighted by atomic mass is 10.1. The summed E-state index contributed by atoms with van der Waals surface area (Å²) < 4.78 is 2.01. The van der Waals surface area contributed by atoms with Gasteiger partial charge in [-0.05, 0) is 5.56 Å². The number of nitrogens with zero attached hydrogens (tertiary/aromatic N) is 2. The van der Waals surface area contributed by atoms with Gasteiger partial charge in [0, 0.05) is 31.5 Å². The van der Waals surface area contributed by atoms with Gasteiger partial charge in [-0.2, -0.15) is 5.48 Å². The molecular formula is C12H15N3O. The Morgan fingerprint density at radius 3 is 2.88 bits per heavy atom.